The highest BCUT2D eigenvalue weighted by Gasteiger charge is 2.25. The van der Waals surface area contributed by atoms with Crippen LogP contribution in [0.2, 0.25) is 0 Å². The monoisotopic (exact) mass is 475 g/mol. The fourth-order valence-corrected chi connectivity index (χ4v) is 3.01. The smallest absolute Gasteiger partial charge is 0.408 e. The Morgan fingerprint density at radius 1 is 0.941 bits per heavy atom. The van der Waals surface area contributed by atoms with E-state index in [1.54, 1.807) is 20.8 Å². The average molecular weight is 476 g/mol. The Kier molecular flexibility index (Phi) is 10.7. The number of nitrogens with zero attached hydrogens (tertiary/aromatic N) is 1. The summed E-state index contributed by atoms with van der Waals surface area (Å²) in [7, 11) is 0. The molecule has 1 aliphatic rings. The summed E-state index contributed by atoms with van der Waals surface area (Å²) in [6.07, 6.45) is 2.11. The number of hydrogen-bond acceptors (Lipinski definition) is 7. The first-order valence-corrected chi connectivity index (χ1v) is 11.2. The fourth-order valence-electron chi connectivity index (χ4n) is 3.01. The van der Waals surface area contributed by atoms with Gasteiger partial charge in [-0.15, -0.1) is 0 Å². The molecule has 2 rings (SSSR count). The number of nitrogens with one attached hydrogen (secondary N) is 2. The summed E-state index contributed by atoms with van der Waals surface area (Å²) >= 11 is 0. The van der Waals surface area contributed by atoms with Crippen LogP contribution in [0.3, 0.4) is 0 Å². The second-order valence-corrected chi connectivity index (χ2v) is 8.57. The number of carbonyl (C=O) groups excluding carboxylic acids is 4. The maximum Gasteiger partial charge on any atom is 0.408 e. The normalized spacial score (nSPS) is 14.3. The molecule has 10 nitrogen and oxygen atoms in total. The van der Waals surface area contributed by atoms with E-state index < -0.39 is 17.7 Å². The predicted octanol–water partition coefficient (Wildman–Crippen LogP) is 1.20. The Hall–Kier alpha value is -3.24. The third-order valence-corrected chi connectivity index (χ3v) is 4.57. The van der Waals surface area contributed by atoms with Crippen molar-refractivity contribution in [3.63, 3.8) is 0 Å². The molecule has 1 aliphatic heterocycles. The standard InChI is InChI=1S/C24H33N3O7/c1-24(2,3)34-23(31)26-19(17-18-7-5-4-6-8-18)22(30)25-11-13-32-15-16-33-14-12-27-20(28)9-10-21(27)29/h4-10,19H,11-17H2,1-3H3,(H,25,30)(H,26,31). The van der Waals surface area contributed by atoms with E-state index in [1.807, 2.05) is 30.3 Å². The van der Waals surface area contributed by atoms with Gasteiger partial charge in [0.05, 0.1) is 33.0 Å². The van der Waals surface area contributed by atoms with Gasteiger partial charge in [0.15, 0.2) is 0 Å². The molecule has 1 heterocycles. The molecule has 0 spiro atoms. The van der Waals surface area contributed by atoms with Crippen molar-refractivity contribution in [3.05, 3.63) is 48.0 Å². The summed E-state index contributed by atoms with van der Waals surface area (Å²) in [5.74, 6) is -1.03. The van der Waals surface area contributed by atoms with E-state index >= 15 is 0 Å². The number of imide groups is 1. The summed E-state index contributed by atoms with van der Waals surface area (Å²) in [5.41, 5.74) is 0.227. The second-order valence-electron chi connectivity index (χ2n) is 8.57. The van der Waals surface area contributed by atoms with E-state index in [0.717, 1.165) is 10.5 Å². The van der Waals surface area contributed by atoms with E-state index in [9.17, 15) is 19.2 Å². The lowest BCUT2D eigenvalue weighted by molar-refractivity contribution is -0.137. The lowest BCUT2D eigenvalue weighted by atomic mass is 10.1. The zero-order chi connectivity index (χ0) is 25.0. The van der Waals surface area contributed by atoms with Crippen LogP contribution in [0, 0.1) is 0 Å². The quantitative estimate of drug-likeness (QED) is 0.325. The number of hydrogen-bond donors (Lipinski definition) is 2. The molecule has 186 valence electrons. The van der Waals surface area contributed by atoms with E-state index in [4.69, 9.17) is 14.2 Å². The van der Waals surface area contributed by atoms with Crippen molar-refractivity contribution in [1.29, 1.82) is 0 Å². The molecule has 0 saturated carbocycles. The largest absolute Gasteiger partial charge is 0.444 e. The molecule has 0 saturated heterocycles. The lowest BCUT2D eigenvalue weighted by Gasteiger charge is -2.23. The van der Waals surface area contributed by atoms with Gasteiger partial charge in [-0.2, -0.15) is 0 Å². The van der Waals surface area contributed by atoms with E-state index in [1.165, 1.54) is 12.2 Å². The van der Waals surface area contributed by atoms with Crippen LogP contribution < -0.4 is 10.6 Å². The first-order chi connectivity index (χ1) is 16.2. The van der Waals surface area contributed by atoms with Crippen LogP contribution in [0.1, 0.15) is 26.3 Å². The highest BCUT2D eigenvalue weighted by molar-refractivity contribution is 6.12. The SMILES string of the molecule is CC(C)(C)OC(=O)NC(Cc1ccccc1)C(=O)NCCOCCOCCN1C(=O)C=CC1=O. The van der Waals surface area contributed by atoms with Crippen LogP contribution in [0.5, 0.6) is 0 Å². The molecule has 0 aromatic heterocycles. The Morgan fingerprint density at radius 3 is 2.18 bits per heavy atom. The number of rotatable bonds is 13. The summed E-state index contributed by atoms with van der Waals surface area (Å²) in [4.78, 5) is 48.8. The third-order valence-electron chi connectivity index (χ3n) is 4.57. The molecule has 1 unspecified atom stereocenters. The Balaban J connectivity index is 1.66. The zero-order valence-electron chi connectivity index (χ0n) is 19.9. The number of ether oxygens (including phenoxy) is 3. The molecule has 0 bridgehead atoms. The van der Waals surface area contributed by atoms with Crippen LogP contribution >= 0.6 is 0 Å². The van der Waals surface area contributed by atoms with Crippen LogP contribution in [-0.4, -0.2) is 79.9 Å². The number of carbonyl (C=O) groups is 4. The van der Waals surface area contributed by atoms with Gasteiger partial charge in [0.2, 0.25) is 5.91 Å². The van der Waals surface area contributed by atoms with E-state index in [-0.39, 0.29) is 50.6 Å². The molecule has 34 heavy (non-hydrogen) atoms. The molecule has 0 radical (unpaired) electrons. The van der Waals surface area contributed by atoms with Crippen molar-refractivity contribution in [2.24, 2.45) is 0 Å². The van der Waals surface area contributed by atoms with E-state index in [2.05, 4.69) is 10.6 Å². The van der Waals surface area contributed by atoms with Gasteiger partial charge in [0.1, 0.15) is 11.6 Å². The minimum absolute atomic E-state index is 0.189. The van der Waals surface area contributed by atoms with Gasteiger partial charge >= 0.3 is 6.09 Å². The van der Waals surface area contributed by atoms with Gasteiger partial charge in [-0.1, -0.05) is 30.3 Å². The van der Waals surface area contributed by atoms with Crippen LogP contribution in [0.15, 0.2) is 42.5 Å². The maximum absolute atomic E-state index is 12.7. The van der Waals surface area contributed by atoms with Crippen molar-refractivity contribution < 1.29 is 33.4 Å². The molecule has 2 N–H and O–H groups in total. The first kappa shape index (κ1) is 27.0. The first-order valence-electron chi connectivity index (χ1n) is 11.2. The van der Waals surface area contributed by atoms with Gasteiger partial charge in [-0.05, 0) is 26.3 Å². The molecule has 10 heteroatoms. The van der Waals surface area contributed by atoms with Crippen molar-refractivity contribution in [1.82, 2.24) is 15.5 Å². The van der Waals surface area contributed by atoms with Crippen molar-refractivity contribution in [3.8, 4) is 0 Å². The Labute approximate surface area is 199 Å². The highest BCUT2D eigenvalue weighted by Crippen LogP contribution is 2.09. The van der Waals surface area contributed by atoms with Gasteiger partial charge in [-0.3, -0.25) is 19.3 Å². The zero-order valence-corrected chi connectivity index (χ0v) is 19.9. The number of benzene rings is 1. The van der Waals surface area contributed by atoms with E-state index in [0.29, 0.717) is 13.0 Å². The van der Waals surface area contributed by atoms with Crippen LogP contribution in [-0.2, 0) is 35.0 Å². The molecular weight excluding hydrogens is 442 g/mol. The molecule has 1 aromatic rings. The fraction of sp³-hybridized carbons (Fsp3) is 0.500. The van der Waals surface area contributed by atoms with Crippen LogP contribution in [0.25, 0.3) is 0 Å². The third kappa shape index (κ3) is 10.1. The van der Waals surface area contributed by atoms with Crippen LogP contribution in [0.4, 0.5) is 4.79 Å². The molecule has 1 aromatic carbocycles. The average Bonchev–Trinajstić information content (AvgIpc) is 3.08. The Bertz CT molecular complexity index is 847. The predicted molar refractivity (Wildman–Crippen MR) is 124 cm³/mol. The van der Waals surface area contributed by atoms with Crippen molar-refractivity contribution in [2.75, 3.05) is 39.5 Å². The van der Waals surface area contributed by atoms with Gasteiger partial charge in [0, 0.05) is 25.1 Å². The topological polar surface area (TPSA) is 123 Å². The summed E-state index contributed by atoms with van der Waals surface area (Å²) in [6.45, 7) is 6.75. The van der Waals surface area contributed by atoms with Crippen molar-refractivity contribution in [2.45, 2.75) is 38.8 Å². The van der Waals surface area contributed by atoms with Gasteiger partial charge in [-0.25, -0.2) is 4.79 Å². The summed E-state index contributed by atoms with van der Waals surface area (Å²) in [5, 5.41) is 5.39. The van der Waals surface area contributed by atoms with Crippen molar-refractivity contribution >= 4 is 23.8 Å². The molecule has 0 aliphatic carbocycles. The minimum Gasteiger partial charge on any atom is -0.444 e. The summed E-state index contributed by atoms with van der Waals surface area (Å²) in [6, 6.07) is 8.57. The number of amides is 4. The molecule has 0 fully saturated rings. The summed E-state index contributed by atoms with van der Waals surface area (Å²) < 4.78 is 16.1. The number of alkyl carbamates (subject to hydrolysis) is 1. The van der Waals surface area contributed by atoms with Gasteiger partial charge < -0.3 is 24.8 Å². The maximum atomic E-state index is 12.7. The molecule has 4 amide bonds. The Morgan fingerprint density at radius 2 is 1.56 bits per heavy atom. The lowest BCUT2D eigenvalue weighted by Crippen LogP contribution is -2.49. The minimum atomic E-state index is -0.800. The highest BCUT2D eigenvalue weighted by atomic mass is 16.6. The van der Waals surface area contributed by atoms with Gasteiger partial charge in [0.25, 0.3) is 11.8 Å². The molecular formula is C24H33N3O7. The molecule has 1 atom stereocenters. The second kappa shape index (κ2) is 13.5.